The number of azide groups is 1. The number of hydrogen-bond donors (Lipinski definition) is 0. The molecule has 1 aromatic rings. The summed E-state index contributed by atoms with van der Waals surface area (Å²) in [5.41, 5.74) is 8.76. The molecule has 0 aliphatic carbocycles. The molecule has 0 amide bonds. The Balaban J connectivity index is 2.75. The van der Waals surface area contributed by atoms with Crippen molar-refractivity contribution in [3.8, 4) is 5.75 Å². The maximum absolute atomic E-state index is 8.16. The van der Waals surface area contributed by atoms with Crippen LogP contribution in [0.15, 0.2) is 29.4 Å². The van der Waals surface area contributed by atoms with E-state index in [4.69, 9.17) is 10.3 Å². The lowest BCUT2D eigenvalue weighted by molar-refractivity contribution is 0.242. The average Bonchev–Trinajstić information content (AvgIpc) is 2.08. The van der Waals surface area contributed by atoms with E-state index in [1.54, 1.807) is 24.3 Å². The molecule has 0 atom stereocenters. The number of ether oxygens (including phenoxy) is 1. The largest absolute Gasteiger partial charge is 0.491 e. The molecule has 0 N–H and O–H groups in total. The third-order valence-corrected chi connectivity index (χ3v) is 1.37. The van der Waals surface area contributed by atoms with Gasteiger partial charge in [-0.05, 0) is 43.6 Å². The Labute approximate surface area is 76.8 Å². The van der Waals surface area contributed by atoms with Crippen LogP contribution in [-0.4, -0.2) is 6.10 Å². The minimum atomic E-state index is 0.158. The number of rotatable bonds is 3. The van der Waals surface area contributed by atoms with Crippen molar-refractivity contribution in [2.75, 3.05) is 0 Å². The number of benzene rings is 1. The molecule has 0 aromatic heterocycles. The van der Waals surface area contributed by atoms with Gasteiger partial charge in [0.1, 0.15) is 5.75 Å². The Morgan fingerprint density at radius 2 is 1.92 bits per heavy atom. The predicted molar refractivity (Wildman–Crippen MR) is 51.0 cm³/mol. The van der Waals surface area contributed by atoms with Crippen molar-refractivity contribution in [2.45, 2.75) is 20.0 Å². The van der Waals surface area contributed by atoms with Gasteiger partial charge in [-0.25, -0.2) is 0 Å². The van der Waals surface area contributed by atoms with Crippen LogP contribution in [0.25, 0.3) is 10.4 Å². The molecule has 13 heavy (non-hydrogen) atoms. The fourth-order valence-corrected chi connectivity index (χ4v) is 0.915. The van der Waals surface area contributed by atoms with Crippen LogP contribution in [0.1, 0.15) is 13.8 Å². The Morgan fingerprint density at radius 3 is 2.38 bits per heavy atom. The SMILES string of the molecule is CC(C)Oc1ccc(N=[N+]=[N-])cc1. The molecule has 0 saturated heterocycles. The van der Waals surface area contributed by atoms with E-state index in [0.29, 0.717) is 5.69 Å². The quantitative estimate of drug-likeness (QED) is 0.396. The zero-order valence-corrected chi connectivity index (χ0v) is 7.64. The van der Waals surface area contributed by atoms with E-state index in [9.17, 15) is 0 Å². The molecular formula is C9H11N3O. The molecule has 1 rings (SSSR count). The highest BCUT2D eigenvalue weighted by molar-refractivity contribution is 5.40. The first-order valence-corrected chi connectivity index (χ1v) is 4.04. The smallest absolute Gasteiger partial charge is 0.119 e. The van der Waals surface area contributed by atoms with Gasteiger partial charge in [-0.3, -0.25) is 0 Å². The first-order valence-electron chi connectivity index (χ1n) is 4.04. The van der Waals surface area contributed by atoms with Gasteiger partial charge >= 0.3 is 0 Å². The molecule has 0 saturated carbocycles. The van der Waals surface area contributed by atoms with Gasteiger partial charge < -0.3 is 4.74 Å². The van der Waals surface area contributed by atoms with Crippen LogP contribution < -0.4 is 4.74 Å². The highest BCUT2D eigenvalue weighted by atomic mass is 16.5. The van der Waals surface area contributed by atoms with Crippen molar-refractivity contribution in [2.24, 2.45) is 5.11 Å². The van der Waals surface area contributed by atoms with Gasteiger partial charge in [0.15, 0.2) is 0 Å². The molecule has 4 nitrogen and oxygen atoms in total. The Bertz CT molecular complexity index is 312. The summed E-state index contributed by atoms with van der Waals surface area (Å²) in [7, 11) is 0. The van der Waals surface area contributed by atoms with Crippen molar-refractivity contribution in [1.29, 1.82) is 0 Å². The Hall–Kier alpha value is -1.67. The molecule has 0 unspecified atom stereocenters. The van der Waals surface area contributed by atoms with Gasteiger partial charge in [-0.2, -0.15) is 0 Å². The summed E-state index contributed by atoms with van der Waals surface area (Å²) in [4.78, 5) is 2.68. The third-order valence-electron chi connectivity index (χ3n) is 1.37. The number of hydrogen-bond acceptors (Lipinski definition) is 2. The van der Waals surface area contributed by atoms with Gasteiger partial charge in [0.2, 0.25) is 0 Å². The lowest BCUT2D eigenvalue weighted by Crippen LogP contribution is -2.04. The minimum absolute atomic E-state index is 0.158. The standard InChI is InChI=1S/C9H11N3O/c1-7(2)13-9-5-3-8(4-6-9)11-12-10/h3-7H,1-2H3. The molecule has 0 radical (unpaired) electrons. The second-order valence-corrected chi connectivity index (χ2v) is 2.85. The lowest BCUT2D eigenvalue weighted by Gasteiger charge is -2.08. The van der Waals surface area contributed by atoms with Crippen molar-refractivity contribution < 1.29 is 4.74 Å². The van der Waals surface area contributed by atoms with E-state index < -0.39 is 0 Å². The maximum Gasteiger partial charge on any atom is 0.119 e. The van der Waals surface area contributed by atoms with Crippen LogP contribution in [0.2, 0.25) is 0 Å². The molecular weight excluding hydrogens is 166 g/mol. The highest BCUT2D eigenvalue weighted by Gasteiger charge is 1.96. The molecule has 0 spiro atoms. The zero-order valence-electron chi connectivity index (χ0n) is 7.64. The van der Waals surface area contributed by atoms with Crippen LogP contribution in [0.4, 0.5) is 5.69 Å². The van der Waals surface area contributed by atoms with Crippen LogP contribution in [0.3, 0.4) is 0 Å². The fraction of sp³-hybridized carbons (Fsp3) is 0.333. The Kier molecular flexibility index (Phi) is 3.17. The van der Waals surface area contributed by atoms with Gasteiger partial charge in [0.25, 0.3) is 0 Å². The number of nitrogens with zero attached hydrogens (tertiary/aromatic N) is 3. The lowest BCUT2D eigenvalue weighted by atomic mass is 10.3. The van der Waals surface area contributed by atoms with E-state index in [1.165, 1.54) is 0 Å². The maximum atomic E-state index is 8.16. The van der Waals surface area contributed by atoms with E-state index in [-0.39, 0.29) is 6.10 Å². The summed E-state index contributed by atoms with van der Waals surface area (Å²) < 4.78 is 5.41. The Morgan fingerprint density at radius 1 is 1.31 bits per heavy atom. The summed E-state index contributed by atoms with van der Waals surface area (Å²) in [6.45, 7) is 3.92. The summed E-state index contributed by atoms with van der Waals surface area (Å²) in [6, 6.07) is 7.00. The second kappa shape index (κ2) is 4.38. The van der Waals surface area contributed by atoms with Crippen molar-refractivity contribution in [3.05, 3.63) is 34.7 Å². The molecule has 1 aromatic carbocycles. The topological polar surface area (TPSA) is 58.0 Å². The monoisotopic (exact) mass is 177 g/mol. The van der Waals surface area contributed by atoms with Crippen molar-refractivity contribution in [3.63, 3.8) is 0 Å². The van der Waals surface area contributed by atoms with Crippen molar-refractivity contribution in [1.82, 2.24) is 0 Å². The first kappa shape index (κ1) is 9.42. The summed E-state index contributed by atoms with van der Waals surface area (Å²) in [6.07, 6.45) is 0.158. The third kappa shape index (κ3) is 3.05. The summed E-state index contributed by atoms with van der Waals surface area (Å²) in [5, 5.41) is 3.45. The van der Waals surface area contributed by atoms with Gasteiger partial charge in [0, 0.05) is 10.6 Å². The van der Waals surface area contributed by atoms with Crippen LogP contribution in [0, 0.1) is 0 Å². The van der Waals surface area contributed by atoms with Gasteiger partial charge in [-0.1, -0.05) is 5.11 Å². The van der Waals surface area contributed by atoms with E-state index in [1.807, 2.05) is 13.8 Å². The predicted octanol–water partition coefficient (Wildman–Crippen LogP) is 3.42. The van der Waals surface area contributed by atoms with Crippen LogP contribution >= 0.6 is 0 Å². The molecule has 0 bridgehead atoms. The molecule has 68 valence electrons. The summed E-state index contributed by atoms with van der Waals surface area (Å²) >= 11 is 0. The molecule has 4 heteroatoms. The van der Waals surface area contributed by atoms with Crippen LogP contribution in [-0.2, 0) is 0 Å². The van der Waals surface area contributed by atoms with E-state index in [2.05, 4.69) is 10.0 Å². The zero-order chi connectivity index (χ0) is 9.68. The van der Waals surface area contributed by atoms with Crippen molar-refractivity contribution >= 4 is 5.69 Å². The molecule has 0 aliphatic rings. The van der Waals surface area contributed by atoms with Gasteiger partial charge in [-0.15, -0.1) is 0 Å². The van der Waals surface area contributed by atoms with E-state index >= 15 is 0 Å². The normalized spacial score (nSPS) is 9.46. The van der Waals surface area contributed by atoms with Gasteiger partial charge in [0.05, 0.1) is 6.10 Å². The minimum Gasteiger partial charge on any atom is -0.491 e. The fourth-order valence-electron chi connectivity index (χ4n) is 0.915. The second-order valence-electron chi connectivity index (χ2n) is 2.85. The highest BCUT2D eigenvalue weighted by Crippen LogP contribution is 2.18. The van der Waals surface area contributed by atoms with E-state index in [0.717, 1.165) is 5.75 Å². The first-order chi connectivity index (χ1) is 6.22. The van der Waals surface area contributed by atoms with Crippen LogP contribution in [0.5, 0.6) is 5.75 Å². The molecule has 0 heterocycles. The average molecular weight is 177 g/mol. The molecule has 0 aliphatic heterocycles. The summed E-state index contributed by atoms with van der Waals surface area (Å²) in [5.74, 6) is 0.784. The molecule has 0 fully saturated rings.